The van der Waals surface area contributed by atoms with Gasteiger partial charge in [-0.15, -0.1) is 0 Å². The number of halogens is 1. The van der Waals surface area contributed by atoms with Crippen LogP contribution in [0.15, 0.2) is 24.4 Å². The zero-order chi connectivity index (χ0) is 14.1. The highest BCUT2D eigenvalue weighted by Gasteiger charge is 2.24. The van der Waals surface area contributed by atoms with Gasteiger partial charge >= 0.3 is 5.97 Å². The number of methoxy groups -OCH3 is 1. The molecule has 0 spiro atoms. The van der Waals surface area contributed by atoms with Gasteiger partial charge in [-0.25, -0.2) is 4.79 Å². The lowest BCUT2D eigenvalue weighted by Gasteiger charge is -2.22. The van der Waals surface area contributed by atoms with E-state index in [2.05, 4.69) is 0 Å². The van der Waals surface area contributed by atoms with E-state index in [-0.39, 0.29) is 5.97 Å². The van der Waals surface area contributed by atoms with E-state index < -0.39 is 0 Å². The van der Waals surface area contributed by atoms with Crippen LogP contribution >= 0.6 is 11.6 Å². The van der Waals surface area contributed by atoms with Gasteiger partial charge in [0.1, 0.15) is 0 Å². The van der Waals surface area contributed by atoms with Crippen molar-refractivity contribution in [1.82, 2.24) is 4.40 Å². The van der Waals surface area contributed by atoms with Gasteiger partial charge < -0.3 is 13.9 Å². The maximum Gasteiger partial charge on any atom is 0.340 e. The monoisotopic (exact) mass is 293 g/mol. The Bertz CT molecular complexity index is 644. The molecule has 1 fully saturated rings. The number of aromatic nitrogens is 1. The molecule has 2 aromatic rings. The van der Waals surface area contributed by atoms with Gasteiger partial charge in [0.15, 0.2) is 0 Å². The molecule has 1 aliphatic heterocycles. The number of pyridine rings is 1. The number of hydrogen-bond acceptors (Lipinski definition) is 3. The first-order valence-electron chi connectivity index (χ1n) is 6.68. The highest BCUT2D eigenvalue weighted by molar-refractivity contribution is 6.34. The average molecular weight is 294 g/mol. The molecule has 3 heterocycles. The number of carbonyl (C=O) groups excluding carboxylic acids is 1. The molecule has 0 N–H and O–H groups in total. The molecule has 0 bridgehead atoms. The Morgan fingerprint density at radius 2 is 2.20 bits per heavy atom. The second kappa shape index (κ2) is 5.46. The standard InChI is InChI=1S/C15H16ClNO3/c1-19-15(18)11-9-13(10-4-7-20-8-5-10)17-6-2-3-12(16)14(11)17/h2-3,6,9-10H,4-5,7-8H2,1H3. The summed E-state index contributed by atoms with van der Waals surface area (Å²) in [4.78, 5) is 12.0. The lowest BCUT2D eigenvalue weighted by Crippen LogP contribution is -2.15. The van der Waals surface area contributed by atoms with Crippen LogP contribution in [0.4, 0.5) is 0 Å². The van der Waals surface area contributed by atoms with E-state index in [0.717, 1.165) is 37.3 Å². The Hall–Kier alpha value is -1.52. The molecule has 0 unspecified atom stereocenters. The van der Waals surface area contributed by atoms with Gasteiger partial charge in [0.2, 0.25) is 0 Å². The molecule has 5 heteroatoms. The molecule has 1 saturated heterocycles. The summed E-state index contributed by atoms with van der Waals surface area (Å²) in [5.41, 5.74) is 2.35. The van der Waals surface area contributed by atoms with Crippen molar-refractivity contribution in [2.75, 3.05) is 20.3 Å². The van der Waals surface area contributed by atoms with Crippen molar-refractivity contribution in [2.45, 2.75) is 18.8 Å². The van der Waals surface area contributed by atoms with Crippen molar-refractivity contribution in [2.24, 2.45) is 0 Å². The van der Waals surface area contributed by atoms with Gasteiger partial charge in [0, 0.05) is 31.0 Å². The van der Waals surface area contributed by atoms with E-state index in [1.807, 2.05) is 22.7 Å². The fourth-order valence-electron chi connectivity index (χ4n) is 2.81. The zero-order valence-corrected chi connectivity index (χ0v) is 12.0. The summed E-state index contributed by atoms with van der Waals surface area (Å²) in [5.74, 6) is 0.0297. The van der Waals surface area contributed by atoms with E-state index in [1.54, 1.807) is 6.07 Å². The quantitative estimate of drug-likeness (QED) is 0.798. The smallest absolute Gasteiger partial charge is 0.340 e. The topological polar surface area (TPSA) is 39.9 Å². The predicted molar refractivity (Wildman–Crippen MR) is 76.5 cm³/mol. The van der Waals surface area contributed by atoms with Crippen molar-refractivity contribution in [3.05, 3.63) is 40.7 Å². The molecule has 0 amide bonds. The molecule has 20 heavy (non-hydrogen) atoms. The van der Waals surface area contributed by atoms with Crippen molar-refractivity contribution in [3.8, 4) is 0 Å². The summed E-state index contributed by atoms with van der Waals surface area (Å²) >= 11 is 6.26. The minimum absolute atomic E-state index is 0.353. The molecule has 0 aliphatic carbocycles. The summed E-state index contributed by atoms with van der Waals surface area (Å²) < 4.78 is 12.3. The summed E-state index contributed by atoms with van der Waals surface area (Å²) in [6, 6.07) is 5.58. The molecule has 106 valence electrons. The number of rotatable bonds is 2. The maximum atomic E-state index is 12.0. The molecule has 0 atom stereocenters. The van der Waals surface area contributed by atoms with Gasteiger partial charge in [-0.3, -0.25) is 0 Å². The van der Waals surface area contributed by atoms with Gasteiger partial charge in [-0.1, -0.05) is 11.6 Å². The van der Waals surface area contributed by atoms with Gasteiger partial charge in [0.05, 0.1) is 23.2 Å². The molecular formula is C15H16ClNO3. The van der Waals surface area contributed by atoms with Gasteiger partial charge in [-0.2, -0.15) is 0 Å². The number of esters is 1. The summed E-state index contributed by atoms with van der Waals surface area (Å²) in [7, 11) is 1.39. The van der Waals surface area contributed by atoms with E-state index in [4.69, 9.17) is 21.1 Å². The molecule has 3 rings (SSSR count). The van der Waals surface area contributed by atoms with Crippen molar-refractivity contribution in [3.63, 3.8) is 0 Å². The Morgan fingerprint density at radius 1 is 1.45 bits per heavy atom. The van der Waals surface area contributed by atoms with Crippen LogP contribution < -0.4 is 0 Å². The first kappa shape index (κ1) is 13.5. The van der Waals surface area contributed by atoms with Crippen molar-refractivity contribution in [1.29, 1.82) is 0 Å². The summed E-state index contributed by atoms with van der Waals surface area (Å²) in [6.45, 7) is 1.51. The SMILES string of the molecule is COC(=O)c1cc(C2CCOCC2)n2cccc(Cl)c12. The number of fused-ring (bicyclic) bond motifs is 1. The van der Waals surface area contributed by atoms with Gasteiger partial charge in [0.25, 0.3) is 0 Å². The lowest BCUT2D eigenvalue weighted by atomic mass is 9.96. The average Bonchev–Trinajstić information content (AvgIpc) is 2.88. The van der Waals surface area contributed by atoms with Crippen molar-refractivity contribution < 1.29 is 14.3 Å². The third-order valence-electron chi connectivity index (χ3n) is 3.82. The van der Waals surface area contributed by atoms with E-state index in [0.29, 0.717) is 16.5 Å². The number of carbonyl (C=O) groups is 1. The highest BCUT2D eigenvalue weighted by atomic mass is 35.5. The predicted octanol–water partition coefficient (Wildman–Crippen LogP) is 3.27. The number of nitrogens with zero attached hydrogens (tertiary/aromatic N) is 1. The number of ether oxygens (including phenoxy) is 2. The van der Waals surface area contributed by atoms with Crippen LogP contribution in [0.5, 0.6) is 0 Å². The van der Waals surface area contributed by atoms with E-state index in [9.17, 15) is 4.79 Å². The normalized spacial score (nSPS) is 16.5. The van der Waals surface area contributed by atoms with Crippen LogP contribution in [-0.2, 0) is 9.47 Å². The fourth-order valence-corrected chi connectivity index (χ4v) is 3.08. The molecule has 0 aromatic carbocycles. The van der Waals surface area contributed by atoms with E-state index in [1.165, 1.54) is 7.11 Å². The third kappa shape index (κ3) is 2.19. The van der Waals surface area contributed by atoms with Crippen LogP contribution in [0.3, 0.4) is 0 Å². The molecule has 0 radical (unpaired) electrons. The number of hydrogen-bond donors (Lipinski definition) is 0. The minimum atomic E-state index is -0.353. The summed E-state index contributed by atoms with van der Waals surface area (Å²) in [6.07, 6.45) is 3.86. The Morgan fingerprint density at radius 3 is 2.90 bits per heavy atom. The Balaban J connectivity index is 2.17. The minimum Gasteiger partial charge on any atom is -0.465 e. The zero-order valence-electron chi connectivity index (χ0n) is 11.3. The molecule has 4 nitrogen and oxygen atoms in total. The second-order valence-electron chi connectivity index (χ2n) is 4.94. The van der Waals surface area contributed by atoms with E-state index >= 15 is 0 Å². The van der Waals surface area contributed by atoms with Crippen LogP contribution in [-0.4, -0.2) is 30.7 Å². The van der Waals surface area contributed by atoms with Gasteiger partial charge in [-0.05, 0) is 31.0 Å². The third-order valence-corrected chi connectivity index (χ3v) is 4.12. The first-order chi connectivity index (χ1) is 9.72. The van der Waals surface area contributed by atoms with Crippen LogP contribution in [0.1, 0.15) is 34.8 Å². The van der Waals surface area contributed by atoms with Crippen molar-refractivity contribution >= 4 is 23.1 Å². The lowest BCUT2D eigenvalue weighted by molar-refractivity contribution is 0.0603. The first-order valence-corrected chi connectivity index (χ1v) is 7.05. The second-order valence-corrected chi connectivity index (χ2v) is 5.34. The molecule has 1 aliphatic rings. The fraction of sp³-hybridized carbons (Fsp3) is 0.400. The van der Waals surface area contributed by atoms with Crippen LogP contribution in [0.25, 0.3) is 5.52 Å². The molecule has 0 saturated carbocycles. The Kier molecular flexibility index (Phi) is 3.68. The van der Waals surface area contributed by atoms with Crippen LogP contribution in [0, 0.1) is 0 Å². The molecule has 2 aromatic heterocycles. The largest absolute Gasteiger partial charge is 0.465 e. The summed E-state index contributed by atoms with van der Waals surface area (Å²) in [5, 5.41) is 0.561. The van der Waals surface area contributed by atoms with Crippen LogP contribution in [0.2, 0.25) is 5.02 Å². The highest BCUT2D eigenvalue weighted by Crippen LogP contribution is 2.33. The Labute approximate surface area is 122 Å². The maximum absolute atomic E-state index is 12.0. The molecular weight excluding hydrogens is 278 g/mol.